The molecule has 108 valence electrons. The van der Waals surface area contributed by atoms with E-state index in [9.17, 15) is 8.42 Å². The number of nitrogens with two attached hydrogens (primary N) is 1. The van der Waals surface area contributed by atoms with Crippen LogP contribution >= 0.6 is 11.6 Å². The average molecular weight is 322 g/mol. The Labute approximate surface area is 128 Å². The van der Waals surface area contributed by atoms with Crippen molar-refractivity contribution in [2.75, 3.05) is 10.5 Å². The molecule has 3 N–H and O–H groups in total. The second-order valence-electron chi connectivity index (χ2n) is 4.43. The number of rotatable bonds is 3. The number of nitriles is 1. The summed E-state index contributed by atoms with van der Waals surface area (Å²) in [6, 6.07) is 10.9. The third-order valence-electron chi connectivity index (χ3n) is 2.85. The SMILES string of the molecule is Cc1ccc(C#N)cc1S(=O)(=O)Nc1ccc(Cl)c(N)c1. The lowest BCUT2D eigenvalue weighted by Gasteiger charge is -2.11. The summed E-state index contributed by atoms with van der Waals surface area (Å²) >= 11 is 5.80. The third kappa shape index (κ3) is 3.27. The van der Waals surface area contributed by atoms with E-state index in [4.69, 9.17) is 22.6 Å². The lowest BCUT2D eigenvalue weighted by molar-refractivity contribution is 0.600. The lowest BCUT2D eigenvalue weighted by Crippen LogP contribution is -2.14. The number of nitrogens with one attached hydrogen (secondary N) is 1. The maximum absolute atomic E-state index is 12.4. The number of aryl methyl sites for hydroxylation is 1. The van der Waals surface area contributed by atoms with Crippen LogP contribution in [0.4, 0.5) is 11.4 Å². The standard InChI is InChI=1S/C14H12ClN3O2S/c1-9-2-3-10(8-16)6-14(9)21(19,20)18-11-4-5-12(15)13(17)7-11/h2-7,18H,17H2,1H3. The van der Waals surface area contributed by atoms with Crippen LogP contribution in [0.3, 0.4) is 0 Å². The van der Waals surface area contributed by atoms with Crippen LogP contribution < -0.4 is 10.5 Å². The molecule has 2 aromatic carbocycles. The van der Waals surface area contributed by atoms with Crippen molar-refractivity contribution < 1.29 is 8.42 Å². The minimum absolute atomic E-state index is 0.0510. The maximum Gasteiger partial charge on any atom is 0.262 e. The maximum atomic E-state index is 12.4. The van der Waals surface area contributed by atoms with Crippen LogP contribution in [0.5, 0.6) is 0 Å². The van der Waals surface area contributed by atoms with E-state index < -0.39 is 10.0 Å². The predicted molar refractivity (Wildman–Crippen MR) is 82.6 cm³/mol. The van der Waals surface area contributed by atoms with Crippen molar-refractivity contribution in [1.29, 1.82) is 5.26 Å². The van der Waals surface area contributed by atoms with Crippen molar-refractivity contribution in [1.82, 2.24) is 0 Å². The second kappa shape index (κ2) is 5.64. The van der Waals surface area contributed by atoms with E-state index >= 15 is 0 Å². The highest BCUT2D eigenvalue weighted by molar-refractivity contribution is 7.92. The highest BCUT2D eigenvalue weighted by Gasteiger charge is 2.18. The van der Waals surface area contributed by atoms with Crippen molar-refractivity contribution in [2.24, 2.45) is 0 Å². The molecule has 0 atom stereocenters. The number of anilines is 2. The molecule has 0 unspecified atom stereocenters. The van der Waals surface area contributed by atoms with Crippen LogP contribution in [0.25, 0.3) is 0 Å². The van der Waals surface area contributed by atoms with Crippen molar-refractivity contribution in [2.45, 2.75) is 11.8 Å². The fraction of sp³-hybridized carbons (Fsp3) is 0.0714. The van der Waals surface area contributed by atoms with Gasteiger partial charge in [-0.05, 0) is 42.8 Å². The average Bonchev–Trinajstić information content (AvgIpc) is 2.43. The van der Waals surface area contributed by atoms with Crippen LogP contribution in [0.15, 0.2) is 41.3 Å². The number of halogens is 1. The van der Waals surface area contributed by atoms with Gasteiger partial charge in [0.2, 0.25) is 0 Å². The molecule has 0 aliphatic rings. The minimum Gasteiger partial charge on any atom is -0.397 e. The van der Waals surface area contributed by atoms with Gasteiger partial charge in [-0.2, -0.15) is 5.26 Å². The van der Waals surface area contributed by atoms with Crippen LogP contribution in [0.1, 0.15) is 11.1 Å². The van der Waals surface area contributed by atoms with Gasteiger partial charge in [-0.25, -0.2) is 8.42 Å². The summed E-state index contributed by atoms with van der Waals surface area (Å²) in [7, 11) is -3.81. The van der Waals surface area contributed by atoms with E-state index in [1.165, 1.54) is 24.3 Å². The Bertz CT molecular complexity index is 842. The van der Waals surface area contributed by atoms with Crippen molar-refractivity contribution in [3.8, 4) is 6.07 Å². The van der Waals surface area contributed by atoms with Gasteiger partial charge in [0.05, 0.1) is 32.9 Å². The van der Waals surface area contributed by atoms with Crippen molar-refractivity contribution in [3.63, 3.8) is 0 Å². The second-order valence-corrected chi connectivity index (χ2v) is 6.49. The molecule has 2 rings (SSSR count). The van der Waals surface area contributed by atoms with Crippen molar-refractivity contribution >= 4 is 33.0 Å². The largest absolute Gasteiger partial charge is 0.397 e. The normalized spacial score (nSPS) is 10.9. The number of hydrogen-bond acceptors (Lipinski definition) is 4. The van der Waals surface area contributed by atoms with Gasteiger partial charge >= 0.3 is 0 Å². The molecule has 0 amide bonds. The zero-order chi connectivity index (χ0) is 15.6. The van der Waals surface area contributed by atoms with Crippen LogP contribution in [0, 0.1) is 18.3 Å². The van der Waals surface area contributed by atoms with Gasteiger partial charge in [0.15, 0.2) is 0 Å². The molecule has 0 bridgehead atoms. The quantitative estimate of drug-likeness (QED) is 0.849. The molecule has 0 saturated heterocycles. The van der Waals surface area contributed by atoms with Crippen molar-refractivity contribution in [3.05, 3.63) is 52.5 Å². The molecule has 21 heavy (non-hydrogen) atoms. The first-order valence-corrected chi connectivity index (χ1v) is 7.78. The monoisotopic (exact) mass is 321 g/mol. The molecule has 0 saturated carbocycles. The van der Waals surface area contributed by atoms with Gasteiger partial charge in [0, 0.05) is 0 Å². The molecule has 2 aromatic rings. The smallest absolute Gasteiger partial charge is 0.262 e. The number of nitrogen functional groups attached to an aromatic ring is 1. The fourth-order valence-electron chi connectivity index (χ4n) is 1.78. The Hall–Kier alpha value is -2.23. The third-order valence-corrected chi connectivity index (χ3v) is 4.72. The first kappa shape index (κ1) is 15.2. The summed E-state index contributed by atoms with van der Waals surface area (Å²) in [4.78, 5) is 0.0510. The Kier molecular flexibility index (Phi) is 4.07. The van der Waals surface area contributed by atoms with Gasteiger partial charge < -0.3 is 5.73 Å². The van der Waals surface area contributed by atoms with E-state index in [-0.39, 0.29) is 16.1 Å². The highest BCUT2D eigenvalue weighted by Crippen LogP contribution is 2.25. The van der Waals surface area contributed by atoms with Crippen LogP contribution in [-0.4, -0.2) is 8.42 Å². The zero-order valence-electron chi connectivity index (χ0n) is 11.1. The lowest BCUT2D eigenvalue weighted by atomic mass is 10.2. The molecule has 0 aromatic heterocycles. The number of nitrogens with zero attached hydrogens (tertiary/aromatic N) is 1. The van der Waals surface area contributed by atoms with Gasteiger partial charge in [-0.15, -0.1) is 0 Å². The molecule has 0 fully saturated rings. The number of benzene rings is 2. The summed E-state index contributed by atoms with van der Waals surface area (Å²) in [6.45, 7) is 1.66. The summed E-state index contributed by atoms with van der Waals surface area (Å²) in [5.74, 6) is 0. The first-order valence-electron chi connectivity index (χ1n) is 5.92. The summed E-state index contributed by atoms with van der Waals surface area (Å²) < 4.78 is 27.2. The molecular formula is C14H12ClN3O2S. The molecule has 0 aliphatic heterocycles. The van der Waals surface area contributed by atoms with E-state index in [1.54, 1.807) is 19.1 Å². The van der Waals surface area contributed by atoms with E-state index in [2.05, 4.69) is 4.72 Å². The summed E-state index contributed by atoms with van der Waals surface area (Å²) in [5.41, 5.74) is 7.04. The Morgan fingerprint density at radius 2 is 1.95 bits per heavy atom. The zero-order valence-corrected chi connectivity index (χ0v) is 12.7. The fourth-order valence-corrected chi connectivity index (χ4v) is 3.22. The highest BCUT2D eigenvalue weighted by atomic mass is 35.5. The Morgan fingerprint density at radius 1 is 1.24 bits per heavy atom. The topological polar surface area (TPSA) is 96.0 Å². The van der Waals surface area contributed by atoms with Gasteiger partial charge in [-0.3, -0.25) is 4.72 Å². The molecule has 0 radical (unpaired) electrons. The number of sulfonamides is 1. The summed E-state index contributed by atoms with van der Waals surface area (Å²) in [6.07, 6.45) is 0. The molecule has 0 aliphatic carbocycles. The molecule has 5 nitrogen and oxygen atoms in total. The van der Waals surface area contributed by atoms with E-state index in [0.717, 1.165) is 0 Å². The van der Waals surface area contributed by atoms with Crippen LogP contribution in [0.2, 0.25) is 5.02 Å². The minimum atomic E-state index is -3.81. The van der Waals surface area contributed by atoms with Crippen LogP contribution in [-0.2, 0) is 10.0 Å². The van der Waals surface area contributed by atoms with Gasteiger partial charge in [0.1, 0.15) is 0 Å². The first-order chi connectivity index (χ1) is 9.83. The summed E-state index contributed by atoms with van der Waals surface area (Å²) in [5, 5.41) is 9.23. The van der Waals surface area contributed by atoms with E-state index in [0.29, 0.717) is 16.3 Å². The number of hydrogen-bond donors (Lipinski definition) is 2. The van der Waals surface area contributed by atoms with E-state index in [1.807, 2.05) is 6.07 Å². The molecule has 7 heteroatoms. The molecular weight excluding hydrogens is 310 g/mol. The van der Waals surface area contributed by atoms with Gasteiger partial charge in [0.25, 0.3) is 10.0 Å². The molecule has 0 spiro atoms. The Morgan fingerprint density at radius 3 is 2.57 bits per heavy atom. The Balaban J connectivity index is 2.43. The van der Waals surface area contributed by atoms with Gasteiger partial charge in [-0.1, -0.05) is 17.7 Å². The predicted octanol–water partition coefficient (Wildman–Crippen LogP) is 2.90. The molecule has 0 heterocycles.